The molecule has 1 amide bonds. The van der Waals surface area contributed by atoms with Gasteiger partial charge in [-0.25, -0.2) is 9.97 Å². The lowest BCUT2D eigenvalue weighted by Gasteiger charge is -2.05. The molecule has 2 aromatic rings. The molecular weight excluding hydrogens is 250 g/mol. The summed E-state index contributed by atoms with van der Waals surface area (Å²) >= 11 is 5.88. The number of rotatable bonds is 4. The zero-order chi connectivity index (χ0) is 12.8. The predicted molar refractivity (Wildman–Crippen MR) is 69.5 cm³/mol. The van der Waals surface area contributed by atoms with E-state index in [0.717, 1.165) is 12.0 Å². The number of hydrogen-bond donors (Lipinski definition) is 1. The standard InChI is InChI=1S/C13H12ClN3O/c14-12-3-1-2-10(6-12)4-5-17-13(18)11-7-15-9-16-8-11/h1-3,6-9H,4-5H2,(H,17,18). The lowest BCUT2D eigenvalue weighted by molar-refractivity contribution is 0.0953. The van der Waals surface area contributed by atoms with Crippen LogP contribution in [0.25, 0.3) is 0 Å². The molecule has 0 fully saturated rings. The van der Waals surface area contributed by atoms with E-state index >= 15 is 0 Å². The minimum absolute atomic E-state index is 0.169. The van der Waals surface area contributed by atoms with E-state index in [-0.39, 0.29) is 5.91 Å². The van der Waals surface area contributed by atoms with Crippen molar-refractivity contribution in [3.63, 3.8) is 0 Å². The summed E-state index contributed by atoms with van der Waals surface area (Å²) in [5.74, 6) is -0.169. The van der Waals surface area contributed by atoms with E-state index in [0.29, 0.717) is 17.1 Å². The van der Waals surface area contributed by atoms with Crippen LogP contribution in [-0.4, -0.2) is 22.4 Å². The summed E-state index contributed by atoms with van der Waals surface area (Å²) in [6.45, 7) is 0.550. The number of hydrogen-bond acceptors (Lipinski definition) is 3. The molecule has 92 valence electrons. The first kappa shape index (κ1) is 12.5. The van der Waals surface area contributed by atoms with E-state index in [9.17, 15) is 4.79 Å². The number of carbonyl (C=O) groups excluding carboxylic acids is 1. The van der Waals surface area contributed by atoms with Crippen LogP contribution < -0.4 is 5.32 Å². The molecule has 2 rings (SSSR count). The van der Waals surface area contributed by atoms with E-state index < -0.39 is 0 Å². The van der Waals surface area contributed by atoms with Crippen molar-refractivity contribution >= 4 is 17.5 Å². The molecule has 4 nitrogen and oxygen atoms in total. The molecule has 0 atom stereocenters. The molecule has 0 saturated carbocycles. The number of nitrogens with zero attached hydrogens (tertiary/aromatic N) is 2. The van der Waals surface area contributed by atoms with Crippen molar-refractivity contribution in [2.45, 2.75) is 6.42 Å². The first-order valence-electron chi connectivity index (χ1n) is 5.53. The molecule has 1 aromatic heterocycles. The molecule has 1 heterocycles. The number of halogens is 1. The Morgan fingerprint density at radius 2 is 2.06 bits per heavy atom. The van der Waals surface area contributed by atoms with Gasteiger partial charge in [0.25, 0.3) is 5.91 Å². The molecule has 5 heteroatoms. The van der Waals surface area contributed by atoms with E-state index in [1.165, 1.54) is 18.7 Å². The molecule has 0 aliphatic heterocycles. The fourth-order valence-corrected chi connectivity index (χ4v) is 1.74. The van der Waals surface area contributed by atoms with Gasteiger partial charge in [0.15, 0.2) is 0 Å². The van der Waals surface area contributed by atoms with Crippen LogP contribution in [-0.2, 0) is 6.42 Å². The Labute approximate surface area is 110 Å². The second kappa shape index (κ2) is 6.12. The highest BCUT2D eigenvalue weighted by molar-refractivity contribution is 6.30. The normalized spacial score (nSPS) is 10.1. The van der Waals surface area contributed by atoms with E-state index in [1.54, 1.807) is 0 Å². The van der Waals surface area contributed by atoms with Crippen LogP contribution in [0.5, 0.6) is 0 Å². The third-order valence-electron chi connectivity index (χ3n) is 2.41. The number of nitrogens with one attached hydrogen (secondary N) is 1. The Morgan fingerprint density at radius 1 is 1.28 bits per heavy atom. The van der Waals surface area contributed by atoms with Crippen LogP contribution in [0.1, 0.15) is 15.9 Å². The molecule has 0 saturated heterocycles. The number of amides is 1. The second-order valence-electron chi connectivity index (χ2n) is 3.76. The summed E-state index contributed by atoms with van der Waals surface area (Å²) in [4.78, 5) is 19.3. The zero-order valence-electron chi connectivity index (χ0n) is 9.64. The van der Waals surface area contributed by atoms with E-state index in [1.807, 2.05) is 24.3 Å². The summed E-state index contributed by atoms with van der Waals surface area (Å²) in [7, 11) is 0. The molecule has 0 aliphatic carbocycles. The van der Waals surface area contributed by atoms with Gasteiger partial charge in [0.2, 0.25) is 0 Å². The lowest BCUT2D eigenvalue weighted by atomic mass is 10.1. The maximum atomic E-state index is 11.7. The topological polar surface area (TPSA) is 54.9 Å². The Kier molecular flexibility index (Phi) is 4.25. The fourth-order valence-electron chi connectivity index (χ4n) is 1.53. The number of benzene rings is 1. The Hall–Kier alpha value is -1.94. The molecular formula is C13H12ClN3O. The highest BCUT2D eigenvalue weighted by Crippen LogP contribution is 2.10. The molecule has 0 aliphatic rings. The first-order chi connectivity index (χ1) is 8.75. The van der Waals surface area contributed by atoms with Gasteiger partial charge < -0.3 is 5.32 Å². The monoisotopic (exact) mass is 261 g/mol. The third-order valence-corrected chi connectivity index (χ3v) is 2.65. The molecule has 18 heavy (non-hydrogen) atoms. The van der Waals surface area contributed by atoms with Crippen LogP contribution in [0.2, 0.25) is 5.02 Å². The van der Waals surface area contributed by atoms with Gasteiger partial charge in [0, 0.05) is 24.0 Å². The van der Waals surface area contributed by atoms with E-state index in [4.69, 9.17) is 11.6 Å². The molecule has 0 bridgehead atoms. The first-order valence-corrected chi connectivity index (χ1v) is 5.91. The fraction of sp³-hybridized carbons (Fsp3) is 0.154. The summed E-state index contributed by atoms with van der Waals surface area (Å²) in [6.07, 6.45) is 5.10. The van der Waals surface area contributed by atoms with Gasteiger partial charge in [0.05, 0.1) is 5.56 Å². The molecule has 0 unspecified atom stereocenters. The van der Waals surface area contributed by atoms with Gasteiger partial charge in [-0.3, -0.25) is 4.79 Å². The Morgan fingerprint density at radius 3 is 2.78 bits per heavy atom. The minimum atomic E-state index is -0.169. The summed E-state index contributed by atoms with van der Waals surface area (Å²) in [5.41, 5.74) is 1.55. The summed E-state index contributed by atoms with van der Waals surface area (Å²) in [6, 6.07) is 7.58. The molecule has 1 aromatic carbocycles. The van der Waals surface area contributed by atoms with Crippen molar-refractivity contribution in [3.8, 4) is 0 Å². The van der Waals surface area contributed by atoms with Crippen LogP contribution in [0.15, 0.2) is 43.0 Å². The van der Waals surface area contributed by atoms with Crippen LogP contribution in [0.3, 0.4) is 0 Å². The lowest BCUT2D eigenvalue weighted by Crippen LogP contribution is -2.25. The van der Waals surface area contributed by atoms with Crippen LogP contribution in [0, 0.1) is 0 Å². The van der Waals surface area contributed by atoms with E-state index in [2.05, 4.69) is 15.3 Å². The van der Waals surface area contributed by atoms with Crippen molar-refractivity contribution in [3.05, 3.63) is 59.1 Å². The average Bonchev–Trinajstić information content (AvgIpc) is 2.40. The molecule has 0 spiro atoms. The van der Waals surface area contributed by atoms with Crippen molar-refractivity contribution in [2.24, 2.45) is 0 Å². The van der Waals surface area contributed by atoms with Crippen LogP contribution in [0.4, 0.5) is 0 Å². The third kappa shape index (κ3) is 3.53. The largest absolute Gasteiger partial charge is 0.352 e. The maximum absolute atomic E-state index is 11.7. The van der Waals surface area contributed by atoms with Crippen molar-refractivity contribution in [1.29, 1.82) is 0 Å². The summed E-state index contributed by atoms with van der Waals surface area (Å²) < 4.78 is 0. The van der Waals surface area contributed by atoms with Gasteiger partial charge in [-0.2, -0.15) is 0 Å². The zero-order valence-corrected chi connectivity index (χ0v) is 10.4. The van der Waals surface area contributed by atoms with Gasteiger partial charge in [-0.05, 0) is 24.1 Å². The molecule has 1 N–H and O–H groups in total. The number of carbonyl (C=O) groups is 1. The molecule has 0 radical (unpaired) electrons. The highest BCUT2D eigenvalue weighted by atomic mass is 35.5. The quantitative estimate of drug-likeness (QED) is 0.917. The van der Waals surface area contributed by atoms with Gasteiger partial charge in [0.1, 0.15) is 6.33 Å². The smallest absolute Gasteiger partial charge is 0.254 e. The summed E-state index contributed by atoms with van der Waals surface area (Å²) in [5, 5.41) is 3.51. The van der Waals surface area contributed by atoms with Crippen LogP contribution >= 0.6 is 11.6 Å². The Balaban J connectivity index is 1.84. The SMILES string of the molecule is O=C(NCCc1cccc(Cl)c1)c1cncnc1. The minimum Gasteiger partial charge on any atom is -0.352 e. The second-order valence-corrected chi connectivity index (χ2v) is 4.20. The Bertz CT molecular complexity index is 531. The van der Waals surface area contributed by atoms with Gasteiger partial charge >= 0.3 is 0 Å². The number of aromatic nitrogens is 2. The highest BCUT2D eigenvalue weighted by Gasteiger charge is 2.04. The van der Waals surface area contributed by atoms with Crippen molar-refractivity contribution in [2.75, 3.05) is 6.54 Å². The predicted octanol–water partition coefficient (Wildman–Crippen LogP) is 2.10. The van der Waals surface area contributed by atoms with Crippen molar-refractivity contribution < 1.29 is 4.79 Å². The maximum Gasteiger partial charge on any atom is 0.254 e. The van der Waals surface area contributed by atoms with Gasteiger partial charge in [-0.1, -0.05) is 23.7 Å². The van der Waals surface area contributed by atoms with Gasteiger partial charge in [-0.15, -0.1) is 0 Å². The average molecular weight is 262 g/mol. The van der Waals surface area contributed by atoms with Crippen molar-refractivity contribution in [1.82, 2.24) is 15.3 Å².